The van der Waals surface area contributed by atoms with Crippen molar-refractivity contribution >= 4 is 17.6 Å². The lowest BCUT2D eigenvalue weighted by molar-refractivity contribution is -0.274. The molecule has 1 heterocycles. The van der Waals surface area contributed by atoms with Crippen LogP contribution in [-0.4, -0.2) is 51.6 Å². The highest BCUT2D eigenvalue weighted by atomic mass is 19.4. The van der Waals surface area contributed by atoms with Crippen LogP contribution in [0.2, 0.25) is 0 Å². The average Bonchev–Trinajstić information content (AvgIpc) is 3.31. The van der Waals surface area contributed by atoms with Crippen molar-refractivity contribution < 1.29 is 32.6 Å². The van der Waals surface area contributed by atoms with Gasteiger partial charge >= 0.3 is 12.3 Å². The second-order valence-electron chi connectivity index (χ2n) is 10.1. The maximum absolute atomic E-state index is 12.7. The first-order chi connectivity index (χ1) is 19.0. The number of aromatic nitrogens is 2. The van der Waals surface area contributed by atoms with Gasteiger partial charge in [-0.05, 0) is 74.2 Å². The van der Waals surface area contributed by atoms with Crippen LogP contribution in [0.25, 0.3) is 5.69 Å². The van der Waals surface area contributed by atoms with Gasteiger partial charge < -0.3 is 20.1 Å². The van der Waals surface area contributed by atoms with E-state index in [4.69, 9.17) is 5.11 Å². The number of rotatable bonds is 10. The molecule has 1 aliphatic carbocycles. The van der Waals surface area contributed by atoms with Gasteiger partial charge in [-0.2, -0.15) is 5.10 Å². The fraction of sp³-hybridized carbons (Fsp3) is 0.414. The molecule has 3 aromatic rings. The molecule has 214 valence electrons. The summed E-state index contributed by atoms with van der Waals surface area (Å²) in [5.74, 6) is -1.15. The van der Waals surface area contributed by atoms with Gasteiger partial charge in [0.25, 0.3) is 5.91 Å². The number of aliphatic carboxylic acids is 1. The monoisotopic (exact) mass is 558 g/mol. The summed E-state index contributed by atoms with van der Waals surface area (Å²) in [5, 5.41) is 17.2. The lowest BCUT2D eigenvalue weighted by Crippen LogP contribution is -2.29. The van der Waals surface area contributed by atoms with Crippen molar-refractivity contribution in [3.8, 4) is 11.4 Å². The van der Waals surface area contributed by atoms with Crippen molar-refractivity contribution in [3.05, 3.63) is 71.5 Å². The topological polar surface area (TPSA) is 96.7 Å². The van der Waals surface area contributed by atoms with Crippen LogP contribution < -0.4 is 10.1 Å². The van der Waals surface area contributed by atoms with Crippen molar-refractivity contribution in [2.24, 2.45) is 5.92 Å². The number of hydrogen-bond acceptors (Lipinski definition) is 5. The first-order valence-corrected chi connectivity index (χ1v) is 13.3. The number of amides is 1. The highest BCUT2D eigenvalue weighted by molar-refractivity contribution is 5.94. The molecule has 1 saturated carbocycles. The maximum atomic E-state index is 12.7. The Labute approximate surface area is 230 Å². The van der Waals surface area contributed by atoms with Crippen LogP contribution in [0.5, 0.6) is 5.75 Å². The molecular formula is C29H33F3N4O4. The standard InChI is InChI=1S/C29H33F3N4O4/c1-19-25(18-36(34-19)23-12-14-24(15-13-23)40-29(30,31)32)27(20-6-4-3-5-7-20)33-22-10-8-21(9-11-22)28(39)35(2)17-16-26(37)38/h8-15,18,20,27,33H,3-7,16-17H2,1-2H3,(H,37,38). The molecule has 1 unspecified atom stereocenters. The Hall–Kier alpha value is -4.02. The molecule has 40 heavy (non-hydrogen) atoms. The molecule has 1 fully saturated rings. The Morgan fingerprint density at radius 3 is 2.35 bits per heavy atom. The highest BCUT2D eigenvalue weighted by Gasteiger charge is 2.31. The summed E-state index contributed by atoms with van der Waals surface area (Å²) in [6.45, 7) is 2.04. The Bertz CT molecular complexity index is 1300. The number of benzene rings is 2. The van der Waals surface area contributed by atoms with E-state index in [0.29, 0.717) is 17.2 Å². The summed E-state index contributed by atoms with van der Waals surface area (Å²) >= 11 is 0. The number of nitrogens with zero attached hydrogens (tertiary/aromatic N) is 3. The van der Waals surface area contributed by atoms with E-state index in [2.05, 4.69) is 15.2 Å². The summed E-state index contributed by atoms with van der Waals surface area (Å²) in [5.41, 5.74) is 3.72. The number of carboxylic acids is 1. The molecule has 1 amide bonds. The minimum absolute atomic E-state index is 0.0540. The minimum Gasteiger partial charge on any atom is -0.481 e. The molecule has 0 aliphatic heterocycles. The molecule has 0 radical (unpaired) electrons. The van der Waals surface area contributed by atoms with Gasteiger partial charge in [0.1, 0.15) is 5.75 Å². The summed E-state index contributed by atoms with van der Waals surface area (Å²) in [6, 6.07) is 12.7. The van der Waals surface area contributed by atoms with Crippen molar-refractivity contribution in [3.63, 3.8) is 0 Å². The number of alkyl halides is 3. The van der Waals surface area contributed by atoms with Gasteiger partial charge in [0.05, 0.1) is 23.8 Å². The van der Waals surface area contributed by atoms with Crippen LogP contribution in [0.3, 0.4) is 0 Å². The predicted octanol–water partition coefficient (Wildman–Crippen LogP) is 6.36. The first kappa shape index (κ1) is 29.0. The van der Waals surface area contributed by atoms with Crippen LogP contribution in [-0.2, 0) is 4.79 Å². The van der Waals surface area contributed by atoms with E-state index in [0.717, 1.165) is 42.6 Å². The Balaban J connectivity index is 1.54. The van der Waals surface area contributed by atoms with Crippen molar-refractivity contribution in [2.75, 3.05) is 18.9 Å². The molecule has 1 aromatic heterocycles. The number of carbonyl (C=O) groups is 2. The molecule has 2 N–H and O–H groups in total. The van der Waals surface area contributed by atoms with E-state index in [-0.39, 0.29) is 30.7 Å². The van der Waals surface area contributed by atoms with Gasteiger partial charge in [0.15, 0.2) is 0 Å². The minimum atomic E-state index is -4.75. The van der Waals surface area contributed by atoms with Gasteiger partial charge in [0.2, 0.25) is 0 Å². The molecule has 0 saturated heterocycles. The lowest BCUT2D eigenvalue weighted by atomic mass is 9.81. The molecule has 0 spiro atoms. The average molecular weight is 559 g/mol. The number of halogens is 3. The number of carbonyl (C=O) groups excluding carboxylic acids is 1. The van der Waals surface area contributed by atoms with E-state index in [1.807, 2.05) is 25.3 Å². The van der Waals surface area contributed by atoms with E-state index in [1.54, 1.807) is 23.9 Å². The number of hydrogen-bond donors (Lipinski definition) is 2. The number of anilines is 1. The zero-order valence-electron chi connectivity index (χ0n) is 22.4. The molecule has 4 rings (SSSR count). The third-order valence-electron chi connectivity index (χ3n) is 7.19. The fourth-order valence-corrected chi connectivity index (χ4v) is 5.10. The van der Waals surface area contributed by atoms with Gasteiger partial charge in [-0.25, -0.2) is 4.68 Å². The van der Waals surface area contributed by atoms with Gasteiger partial charge in [0, 0.05) is 36.6 Å². The van der Waals surface area contributed by atoms with E-state index in [1.165, 1.54) is 35.6 Å². The zero-order valence-corrected chi connectivity index (χ0v) is 22.4. The van der Waals surface area contributed by atoms with Crippen molar-refractivity contribution in [1.29, 1.82) is 0 Å². The Morgan fingerprint density at radius 2 is 1.75 bits per heavy atom. The number of carboxylic acid groups (broad SMARTS) is 1. The predicted molar refractivity (Wildman–Crippen MR) is 144 cm³/mol. The van der Waals surface area contributed by atoms with Crippen LogP contribution >= 0.6 is 0 Å². The number of ether oxygens (including phenoxy) is 1. The van der Waals surface area contributed by atoms with E-state index >= 15 is 0 Å². The SMILES string of the molecule is Cc1nn(-c2ccc(OC(F)(F)F)cc2)cc1C(Nc1ccc(C(=O)N(C)CCC(=O)O)cc1)C1CCCCC1. The molecule has 0 bridgehead atoms. The summed E-state index contributed by atoms with van der Waals surface area (Å²) in [4.78, 5) is 24.9. The molecule has 1 aliphatic rings. The molecule has 2 aromatic carbocycles. The third-order valence-corrected chi connectivity index (χ3v) is 7.19. The summed E-state index contributed by atoms with van der Waals surface area (Å²) in [7, 11) is 1.58. The summed E-state index contributed by atoms with van der Waals surface area (Å²) < 4.78 is 43.2. The third kappa shape index (κ3) is 7.55. The first-order valence-electron chi connectivity index (χ1n) is 13.3. The quantitative estimate of drug-likeness (QED) is 0.301. The maximum Gasteiger partial charge on any atom is 0.573 e. The second-order valence-corrected chi connectivity index (χ2v) is 10.1. The van der Waals surface area contributed by atoms with E-state index < -0.39 is 12.3 Å². The Morgan fingerprint density at radius 1 is 1.10 bits per heavy atom. The van der Waals surface area contributed by atoms with Crippen LogP contribution in [0.1, 0.15) is 66.2 Å². The van der Waals surface area contributed by atoms with Crippen LogP contribution in [0.4, 0.5) is 18.9 Å². The smallest absolute Gasteiger partial charge is 0.481 e. The number of aryl methyl sites for hydroxylation is 1. The van der Waals surface area contributed by atoms with Crippen LogP contribution in [0, 0.1) is 12.8 Å². The van der Waals surface area contributed by atoms with Crippen LogP contribution in [0.15, 0.2) is 54.7 Å². The molecular weight excluding hydrogens is 525 g/mol. The summed E-state index contributed by atoms with van der Waals surface area (Å²) in [6.07, 6.45) is 2.60. The second kappa shape index (κ2) is 12.4. The van der Waals surface area contributed by atoms with Gasteiger partial charge in [-0.3, -0.25) is 9.59 Å². The fourth-order valence-electron chi connectivity index (χ4n) is 5.10. The normalized spacial score (nSPS) is 14.9. The molecule has 1 atom stereocenters. The van der Waals surface area contributed by atoms with E-state index in [9.17, 15) is 22.8 Å². The molecule has 8 nitrogen and oxygen atoms in total. The zero-order chi connectivity index (χ0) is 28.9. The van der Waals surface area contributed by atoms with Gasteiger partial charge in [-0.1, -0.05) is 19.3 Å². The lowest BCUT2D eigenvalue weighted by Gasteiger charge is -2.31. The largest absolute Gasteiger partial charge is 0.573 e. The van der Waals surface area contributed by atoms with Crippen molar-refractivity contribution in [1.82, 2.24) is 14.7 Å². The Kier molecular flexibility index (Phi) is 9.01. The van der Waals surface area contributed by atoms with Crippen molar-refractivity contribution in [2.45, 2.75) is 57.9 Å². The number of nitrogens with one attached hydrogen (secondary N) is 1. The highest BCUT2D eigenvalue weighted by Crippen LogP contribution is 2.38. The van der Waals surface area contributed by atoms with Gasteiger partial charge in [-0.15, -0.1) is 13.2 Å². The molecule has 11 heteroatoms.